The quantitative estimate of drug-likeness (QED) is 0.856. The minimum atomic E-state index is -0.386. The van der Waals surface area contributed by atoms with Gasteiger partial charge in [-0.2, -0.15) is 0 Å². The number of nitrogens with one attached hydrogen (secondary N) is 1. The lowest BCUT2D eigenvalue weighted by molar-refractivity contribution is 0.0601. The van der Waals surface area contributed by atoms with Gasteiger partial charge < -0.3 is 10.1 Å². The number of methoxy groups -OCH3 is 1. The number of aromatic nitrogens is 1. The van der Waals surface area contributed by atoms with Crippen LogP contribution in [0.1, 0.15) is 29.8 Å². The van der Waals surface area contributed by atoms with Crippen molar-refractivity contribution in [1.29, 1.82) is 0 Å². The predicted octanol–water partition coefficient (Wildman–Crippen LogP) is 3.26. The van der Waals surface area contributed by atoms with Crippen LogP contribution in [0.3, 0.4) is 0 Å². The molecule has 0 saturated heterocycles. The molecule has 110 valence electrons. The molecular formula is C17H20N2O2. The van der Waals surface area contributed by atoms with E-state index in [1.807, 2.05) is 18.2 Å². The van der Waals surface area contributed by atoms with Crippen molar-refractivity contribution in [2.24, 2.45) is 0 Å². The number of pyridine rings is 1. The van der Waals surface area contributed by atoms with Crippen molar-refractivity contribution in [2.45, 2.75) is 19.3 Å². The first kappa shape index (κ1) is 15.0. The Hall–Kier alpha value is -2.36. The number of anilines is 1. The second kappa shape index (κ2) is 6.39. The van der Waals surface area contributed by atoms with Gasteiger partial charge in [0.25, 0.3) is 0 Å². The van der Waals surface area contributed by atoms with Gasteiger partial charge in [0.1, 0.15) is 11.4 Å². The van der Waals surface area contributed by atoms with Gasteiger partial charge >= 0.3 is 5.97 Å². The molecule has 0 fully saturated rings. The van der Waals surface area contributed by atoms with Gasteiger partial charge in [-0.3, -0.25) is 0 Å². The average Bonchev–Trinajstić information content (AvgIpc) is 2.53. The van der Waals surface area contributed by atoms with E-state index in [0.29, 0.717) is 17.9 Å². The van der Waals surface area contributed by atoms with Crippen molar-refractivity contribution in [2.75, 3.05) is 19.0 Å². The molecule has 1 N–H and O–H groups in total. The van der Waals surface area contributed by atoms with Gasteiger partial charge in [-0.05, 0) is 17.7 Å². The molecule has 2 aromatic rings. The zero-order chi connectivity index (χ0) is 15.3. The van der Waals surface area contributed by atoms with Gasteiger partial charge in [0, 0.05) is 18.2 Å². The molecule has 0 radical (unpaired) electrons. The third-order valence-electron chi connectivity index (χ3n) is 3.47. The lowest BCUT2D eigenvalue weighted by atomic mass is 9.84. The highest BCUT2D eigenvalue weighted by molar-refractivity contribution is 5.94. The molecular weight excluding hydrogens is 264 g/mol. The Balaban J connectivity index is 2.15. The molecule has 0 aliphatic heterocycles. The van der Waals surface area contributed by atoms with Crippen LogP contribution in [0.4, 0.5) is 5.82 Å². The number of hydrogen-bond donors (Lipinski definition) is 1. The summed E-state index contributed by atoms with van der Waals surface area (Å²) in [7, 11) is 1.37. The SMILES string of the molecule is COC(=O)c1cccnc1NCC(C)(C)c1ccccc1. The van der Waals surface area contributed by atoms with E-state index in [1.165, 1.54) is 12.7 Å². The summed E-state index contributed by atoms with van der Waals surface area (Å²) in [6, 6.07) is 13.7. The number of nitrogens with zero attached hydrogens (tertiary/aromatic N) is 1. The van der Waals surface area contributed by atoms with E-state index in [-0.39, 0.29) is 11.4 Å². The third kappa shape index (κ3) is 3.60. The van der Waals surface area contributed by atoms with Crippen LogP contribution in [0.25, 0.3) is 0 Å². The van der Waals surface area contributed by atoms with Crippen molar-refractivity contribution >= 4 is 11.8 Å². The zero-order valence-corrected chi connectivity index (χ0v) is 12.6. The first-order chi connectivity index (χ1) is 10.0. The van der Waals surface area contributed by atoms with E-state index in [2.05, 4.69) is 36.3 Å². The molecule has 1 aromatic heterocycles. The fraction of sp³-hybridized carbons (Fsp3) is 0.294. The maximum Gasteiger partial charge on any atom is 0.341 e. The summed E-state index contributed by atoms with van der Waals surface area (Å²) >= 11 is 0. The smallest absolute Gasteiger partial charge is 0.341 e. The lowest BCUT2D eigenvalue weighted by Crippen LogP contribution is -2.28. The van der Waals surface area contributed by atoms with Crippen molar-refractivity contribution < 1.29 is 9.53 Å². The molecule has 1 heterocycles. The Labute approximate surface area is 125 Å². The fourth-order valence-electron chi connectivity index (χ4n) is 2.12. The topological polar surface area (TPSA) is 51.2 Å². The van der Waals surface area contributed by atoms with Crippen LogP contribution in [-0.4, -0.2) is 24.6 Å². The summed E-state index contributed by atoms with van der Waals surface area (Å²) in [5.74, 6) is 0.163. The number of carbonyl (C=O) groups is 1. The molecule has 0 unspecified atom stereocenters. The molecule has 0 amide bonds. The van der Waals surface area contributed by atoms with Crippen LogP contribution in [0.15, 0.2) is 48.7 Å². The molecule has 1 aromatic carbocycles. The van der Waals surface area contributed by atoms with Gasteiger partial charge in [-0.15, -0.1) is 0 Å². The third-order valence-corrected chi connectivity index (χ3v) is 3.47. The predicted molar refractivity (Wildman–Crippen MR) is 83.5 cm³/mol. The first-order valence-electron chi connectivity index (χ1n) is 6.87. The molecule has 21 heavy (non-hydrogen) atoms. The van der Waals surface area contributed by atoms with Gasteiger partial charge in [-0.25, -0.2) is 9.78 Å². The molecule has 0 bridgehead atoms. The standard InChI is InChI=1S/C17H20N2O2/c1-17(2,13-8-5-4-6-9-13)12-19-15-14(16(20)21-3)10-7-11-18-15/h4-11H,12H2,1-3H3,(H,18,19). The second-order valence-electron chi connectivity index (χ2n) is 5.49. The molecule has 2 rings (SSSR count). The average molecular weight is 284 g/mol. The number of carbonyl (C=O) groups excluding carboxylic acids is 1. The van der Waals surface area contributed by atoms with E-state index >= 15 is 0 Å². The van der Waals surface area contributed by atoms with Crippen molar-refractivity contribution in [3.05, 3.63) is 59.8 Å². The summed E-state index contributed by atoms with van der Waals surface area (Å²) in [5, 5.41) is 3.26. The Morgan fingerprint density at radius 2 is 1.90 bits per heavy atom. The summed E-state index contributed by atoms with van der Waals surface area (Å²) in [5.41, 5.74) is 1.60. The number of ether oxygens (including phenoxy) is 1. The van der Waals surface area contributed by atoms with Gasteiger partial charge in [0.05, 0.1) is 7.11 Å². The number of benzene rings is 1. The molecule has 4 heteroatoms. The number of hydrogen-bond acceptors (Lipinski definition) is 4. The maximum atomic E-state index is 11.7. The van der Waals surface area contributed by atoms with Crippen LogP contribution in [0.5, 0.6) is 0 Å². The second-order valence-corrected chi connectivity index (χ2v) is 5.49. The minimum Gasteiger partial charge on any atom is -0.465 e. The summed E-state index contributed by atoms with van der Waals surface area (Å²) < 4.78 is 4.77. The Morgan fingerprint density at radius 1 is 1.19 bits per heavy atom. The highest BCUT2D eigenvalue weighted by atomic mass is 16.5. The van der Waals surface area contributed by atoms with E-state index in [1.54, 1.807) is 18.3 Å². The molecule has 0 aliphatic rings. The van der Waals surface area contributed by atoms with E-state index < -0.39 is 0 Å². The molecule has 0 aliphatic carbocycles. The van der Waals surface area contributed by atoms with Crippen molar-refractivity contribution in [1.82, 2.24) is 4.98 Å². The van der Waals surface area contributed by atoms with Gasteiger partial charge in [-0.1, -0.05) is 44.2 Å². The summed E-state index contributed by atoms with van der Waals surface area (Å²) in [6.07, 6.45) is 1.66. The highest BCUT2D eigenvalue weighted by Crippen LogP contribution is 2.24. The maximum absolute atomic E-state index is 11.7. The number of rotatable bonds is 5. The summed E-state index contributed by atoms with van der Waals surface area (Å²) in [6.45, 7) is 4.96. The van der Waals surface area contributed by atoms with Gasteiger partial charge in [0.2, 0.25) is 0 Å². The molecule has 0 spiro atoms. The van der Waals surface area contributed by atoms with Crippen molar-refractivity contribution in [3.8, 4) is 0 Å². The number of esters is 1. The fourth-order valence-corrected chi connectivity index (χ4v) is 2.12. The van der Waals surface area contributed by atoms with Crippen LogP contribution in [0.2, 0.25) is 0 Å². The summed E-state index contributed by atoms with van der Waals surface area (Å²) in [4.78, 5) is 16.0. The van der Waals surface area contributed by atoms with Crippen LogP contribution in [-0.2, 0) is 10.2 Å². The largest absolute Gasteiger partial charge is 0.465 e. The van der Waals surface area contributed by atoms with Crippen molar-refractivity contribution in [3.63, 3.8) is 0 Å². The van der Waals surface area contributed by atoms with Crippen LogP contribution >= 0.6 is 0 Å². The van der Waals surface area contributed by atoms with E-state index in [0.717, 1.165) is 0 Å². The van der Waals surface area contributed by atoms with E-state index in [4.69, 9.17) is 4.74 Å². The first-order valence-corrected chi connectivity index (χ1v) is 6.87. The molecule has 4 nitrogen and oxygen atoms in total. The lowest BCUT2D eigenvalue weighted by Gasteiger charge is -2.26. The zero-order valence-electron chi connectivity index (χ0n) is 12.6. The Morgan fingerprint density at radius 3 is 2.57 bits per heavy atom. The Bertz CT molecular complexity index is 609. The molecule has 0 atom stereocenters. The molecule has 0 saturated carbocycles. The van der Waals surface area contributed by atoms with Crippen LogP contribution in [0, 0.1) is 0 Å². The van der Waals surface area contributed by atoms with Crippen LogP contribution < -0.4 is 5.32 Å². The van der Waals surface area contributed by atoms with E-state index in [9.17, 15) is 4.79 Å². The monoisotopic (exact) mass is 284 g/mol. The Kier molecular flexibility index (Phi) is 4.58. The van der Waals surface area contributed by atoms with Gasteiger partial charge in [0.15, 0.2) is 0 Å². The minimum absolute atomic E-state index is 0.0772. The highest BCUT2D eigenvalue weighted by Gasteiger charge is 2.21. The normalized spacial score (nSPS) is 11.0.